The van der Waals surface area contributed by atoms with Gasteiger partial charge >= 0.3 is 12.4 Å². The van der Waals surface area contributed by atoms with Crippen LogP contribution in [0.5, 0.6) is 5.75 Å². The number of hydrogen-bond acceptors (Lipinski definition) is 2. The molecule has 0 atom stereocenters. The van der Waals surface area contributed by atoms with Gasteiger partial charge in [-0.15, -0.1) is 0 Å². The average molecular weight is 353 g/mol. The number of nitrogens with zero attached hydrogens (tertiary/aromatic N) is 1. The summed E-state index contributed by atoms with van der Waals surface area (Å²) in [6, 6.07) is 1.28. The number of rotatable bonds is 5. The third-order valence-corrected chi connectivity index (χ3v) is 3.59. The first-order valence-electron chi connectivity index (χ1n) is 7.46. The first kappa shape index (κ1) is 18.6. The Kier molecular flexibility index (Phi) is 5.79. The highest BCUT2D eigenvalue weighted by Crippen LogP contribution is 2.38. The molecule has 1 aromatic carbocycles. The summed E-state index contributed by atoms with van der Waals surface area (Å²) in [7, 11) is 0. The van der Waals surface area contributed by atoms with Gasteiger partial charge in [-0.1, -0.05) is 12.2 Å². The summed E-state index contributed by atoms with van der Waals surface area (Å²) in [6.45, 7) is 2.41. The first-order chi connectivity index (χ1) is 11.2. The Bertz CT molecular complexity index is 547. The monoisotopic (exact) mass is 353 g/mol. The molecule has 0 spiro atoms. The van der Waals surface area contributed by atoms with Crippen molar-refractivity contribution in [3.8, 4) is 5.75 Å². The molecular weight excluding hydrogens is 336 g/mol. The van der Waals surface area contributed by atoms with Gasteiger partial charge in [-0.2, -0.15) is 26.3 Å². The van der Waals surface area contributed by atoms with Crippen molar-refractivity contribution in [3.05, 3.63) is 41.5 Å². The summed E-state index contributed by atoms with van der Waals surface area (Å²) in [5.74, 6) is -0.421. The van der Waals surface area contributed by atoms with E-state index in [1.807, 2.05) is 6.08 Å². The van der Waals surface area contributed by atoms with Crippen LogP contribution in [0.2, 0.25) is 0 Å². The predicted molar refractivity (Wildman–Crippen MR) is 76.8 cm³/mol. The molecule has 0 aliphatic carbocycles. The van der Waals surface area contributed by atoms with Gasteiger partial charge in [0.15, 0.2) is 0 Å². The lowest BCUT2D eigenvalue weighted by atomic mass is 10.1. The predicted octanol–water partition coefficient (Wildman–Crippen LogP) is 4.76. The van der Waals surface area contributed by atoms with Gasteiger partial charge in [0.1, 0.15) is 5.75 Å². The summed E-state index contributed by atoms with van der Waals surface area (Å²) in [5.41, 5.74) is -2.73. The summed E-state index contributed by atoms with van der Waals surface area (Å²) >= 11 is 0. The van der Waals surface area contributed by atoms with Crippen LogP contribution < -0.4 is 4.74 Å². The Hall–Kier alpha value is -1.70. The molecule has 0 amide bonds. The first-order valence-corrected chi connectivity index (χ1v) is 7.46. The zero-order valence-electron chi connectivity index (χ0n) is 12.8. The van der Waals surface area contributed by atoms with Crippen molar-refractivity contribution < 1.29 is 31.1 Å². The van der Waals surface area contributed by atoms with Crippen LogP contribution in [0.25, 0.3) is 0 Å². The van der Waals surface area contributed by atoms with Crippen LogP contribution in [0.4, 0.5) is 26.3 Å². The van der Waals surface area contributed by atoms with E-state index in [0.29, 0.717) is 25.1 Å². The molecule has 1 aromatic rings. The Morgan fingerprint density at radius 3 is 2.04 bits per heavy atom. The molecular formula is C16H17F6NO. The van der Waals surface area contributed by atoms with Gasteiger partial charge in [0.25, 0.3) is 0 Å². The molecule has 24 heavy (non-hydrogen) atoms. The Labute approximate surface area is 135 Å². The smallest absolute Gasteiger partial charge is 0.416 e. The second-order valence-corrected chi connectivity index (χ2v) is 5.50. The lowest BCUT2D eigenvalue weighted by molar-refractivity contribution is -0.143. The number of ether oxygens (including phenoxy) is 1. The fourth-order valence-corrected chi connectivity index (χ4v) is 2.38. The second-order valence-electron chi connectivity index (χ2n) is 5.50. The number of benzene rings is 1. The van der Waals surface area contributed by atoms with E-state index in [4.69, 9.17) is 4.74 Å². The SMILES string of the molecule is FC(F)(F)c1cc(OCCCN2CC=CCC2)cc(C(F)(F)F)c1. The van der Waals surface area contributed by atoms with Gasteiger partial charge in [0.05, 0.1) is 17.7 Å². The third kappa shape index (κ3) is 5.43. The molecule has 0 radical (unpaired) electrons. The average Bonchev–Trinajstić information content (AvgIpc) is 2.51. The van der Waals surface area contributed by atoms with Crippen LogP contribution in [0, 0.1) is 0 Å². The van der Waals surface area contributed by atoms with Crippen molar-refractivity contribution in [2.75, 3.05) is 26.2 Å². The van der Waals surface area contributed by atoms with Gasteiger partial charge in [-0.3, -0.25) is 4.90 Å². The molecule has 0 bridgehead atoms. The van der Waals surface area contributed by atoms with Gasteiger partial charge in [-0.05, 0) is 31.0 Å². The van der Waals surface area contributed by atoms with E-state index in [1.54, 1.807) is 0 Å². The van der Waals surface area contributed by atoms with Crippen LogP contribution in [0.15, 0.2) is 30.4 Å². The fraction of sp³-hybridized carbons (Fsp3) is 0.500. The van der Waals surface area contributed by atoms with E-state index >= 15 is 0 Å². The zero-order chi connectivity index (χ0) is 17.8. The maximum atomic E-state index is 12.7. The highest BCUT2D eigenvalue weighted by atomic mass is 19.4. The summed E-state index contributed by atoms with van der Waals surface area (Å²) in [6.07, 6.45) is -4.19. The summed E-state index contributed by atoms with van der Waals surface area (Å²) < 4.78 is 81.5. The topological polar surface area (TPSA) is 12.5 Å². The van der Waals surface area contributed by atoms with E-state index in [0.717, 1.165) is 19.5 Å². The van der Waals surface area contributed by atoms with Crippen molar-refractivity contribution in [2.45, 2.75) is 25.2 Å². The van der Waals surface area contributed by atoms with Crippen LogP contribution in [-0.2, 0) is 12.4 Å². The standard InChI is InChI=1S/C16H17F6NO/c17-15(18,19)12-9-13(16(20,21)22)11-14(10-12)24-8-4-7-23-5-2-1-3-6-23/h1-2,9-11H,3-8H2. The molecule has 0 fully saturated rings. The van der Waals surface area contributed by atoms with Crippen molar-refractivity contribution >= 4 is 0 Å². The molecule has 8 heteroatoms. The molecule has 1 aliphatic heterocycles. The molecule has 134 valence electrons. The molecule has 2 nitrogen and oxygen atoms in total. The largest absolute Gasteiger partial charge is 0.494 e. The maximum absolute atomic E-state index is 12.7. The molecule has 1 aliphatic rings. The maximum Gasteiger partial charge on any atom is 0.416 e. The van der Waals surface area contributed by atoms with E-state index in [2.05, 4.69) is 11.0 Å². The Balaban J connectivity index is 1.99. The molecule has 0 saturated heterocycles. The van der Waals surface area contributed by atoms with Gasteiger partial charge in [0, 0.05) is 19.6 Å². The molecule has 0 N–H and O–H groups in total. The number of alkyl halides is 6. The lowest BCUT2D eigenvalue weighted by Gasteiger charge is -2.22. The molecule has 1 heterocycles. The van der Waals surface area contributed by atoms with Crippen molar-refractivity contribution in [2.24, 2.45) is 0 Å². The Morgan fingerprint density at radius 2 is 1.54 bits per heavy atom. The normalized spacial score (nSPS) is 16.4. The lowest BCUT2D eigenvalue weighted by Crippen LogP contribution is -2.29. The minimum Gasteiger partial charge on any atom is -0.494 e. The van der Waals surface area contributed by atoms with E-state index < -0.39 is 29.2 Å². The fourth-order valence-electron chi connectivity index (χ4n) is 2.38. The quantitative estimate of drug-likeness (QED) is 0.430. The van der Waals surface area contributed by atoms with E-state index in [9.17, 15) is 26.3 Å². The van der Waals surface area contributed by atoms with E-state index in [1.165, 1.54) is 0 Å². The van der Waals surface area contributed by atoms with Crippen LogP contribution in [0.1, 0.15) is 24.0 Å². The number of halogens is 6. The molecule has 0 unspecified atom stereocenters. The highest BCUT2D eigenvalue weighted by molar-refractivity contribution is 5.37. The van der Waals surface area contributed by atoms with E-state index in [-0.39, 0.29) is 12.7 Å². The van der Waals surface area contributed by atoms with Crippen molar-refractivity contribution in [1.29, 1.82) is 0 Å². The number of hydrogen-bond donors (Lipinski definition) is 0. The van der Waals surface area contributed by atoms with Crippen LogP contribution >= 0.6 is 0 Å². The second kappa shape index (κ2) is 7.46. The van der Waals surface area contributed by atoms with Crippen LogP contribution in [0.3, 0.4) is 0 Å². The summed E-state index contributed by atoms with van der Waals surface area (Å²) in [4.78, 5) is 2.14. The van der Waals surface area contributed by atoms with Crippen molar-refractivity contribution in [1.82, 2.24) is 4.90 Å². The molecule has 0 saturated carbocycles. The van der Waals surface area contributed by atoms with Gasteiger partial charge < -0.3 is 4.74 Å². The zero-order valence-corrected chi connectivity index (χ0v) is 12.8. The molecule has 2 rings (SSSR count). The Morgan fingerprint density at radius 1 is 0.917 bits per heavy atom. The van der Waals surface area contributed by atoms with Gasteiger partial charge in [0.2, 0.25) is 0 Å². The highest BCUT2D eigenvalue weighted by Gasteiger charge is 2.37. The minimum atomic E-state index is -4.86. The van der Waals surface area contributed by atoms with Crippen molar-refractivity contribution in [3.63, 3.8) is 0 Å². The summed E-state index contributed by atoms with van der Waals surface area (Å²) in [5, 5.41) is 0. The minimum absolute atomic E-state index is 0.0544. The van der Waals surface area contributed by atoms with Crippen LogP contribution in [-0.4, -0.2) is 31.1 Å². The third-order valence-electron chi connectivity index (χ3n) is 3.59. The van der Waals surface area contributed by atoms with Gasteiger partial charge in [-0.25, -0.2) is 0 Å². The molecule has 0 aromatic heterocycles.